The van der Waals surface area contributed by atoms with E-state index in [2.05, 4.69) is 9.24 Å². The summed E-state index contributed by atoms with van der Waals surface area (Å²) in [6.07, 6.45) is -1.75. The Morgan fingerprint density at radius 1 is 0.812 bits per heavy atom. The van der Waals surface area contributed by atoms with E-state index in [4.69, 9.17) is 30.6 Å². The Labute approximate surface area is 98.8 Å². The second kappa shape index (κ2) is 15.2. The molecule has 0 spiro atoms. The molecular weight excluding hydrogens is 235 g/mol. The van der Waals surface area contributed by atoms with Crippen molar-refractivity contribution in [3.8, 4) is 0 Å². The van der Waals surface area contributed by atoms with Crippen LogP contribution in [0.1, 0.15) is 20.8 Å². The van der Waals surface area contributed by atoms with Gasteiger partial charge in [0.2, 0.25) is 0 Å². The highest BCUT2D eigenvalue weighted by Crippen LogP contribution is 1.98. The molecular formula is C9H25O6P. The Hall–Kier alpha value is 0.190. The number of rotatable bonds is 3. The maximum atomic E-state index is 8.36. The van der Waals surface area contributed by atoms with Gasteiger partial charge in [-0.15, -0.1) is 9.24 Å². The second-order valence-corrected chi connectivity index (χ2v) is 3.98. The lowest BCUT2D eigenvalue weighted by Gasteiger charge is -2.03. The molecule has 0 heterocycles. The molecule has 0 fully saturated rings. The maximum absolute atomic E-state index is 8.36. The highest BCUT2D eigenvalue weighted by molar-refractivity contribution is 7.17. The van der Waals surface area contributed by atoms with Crippen LogP contribution in [0.2, 0.25) is 0 Å². The summed E-state index contributed by atoms with van der Waals surface area (Å²) in [5, 5.41) is 48.7. The molecule has 0 aliphatic heterocycles. The summed E-state index contributed by atoms with van der Waals surface area (Å²) in [5.41, 5.74) is 0. The van der Waals surface area contributed by atoms with E-state index < -0.39 is 24.2 Å². The molecule has 16 heavy (non-hydrogen) atoms. The van der Waals surface area contributed by atoms with Crippen LogP contribution in [0.5, 0.6) is 0 Å². The monoisotopic (exact) mass is 260 g/mol. The first-order valence-corrected chi connectivity index (χ1v) is 5.55. The van der Waals surface area contributed by atoms with E-state index >= 15 is 0 Å². The summed E-state index contributed by atoms with van der Waals surface area (Å²) in [7, 11) is 2.08. The molecule has 0 aromatic carbocycles. The van der Waals surface area contributed by atoms with Crippen LogP contribution in [0.25, 0.3) is 0 Å². The summed E-state index contributed by atoms with van der Waals surface area (Å²) in [4.78, 5) is 0. The van der Waals surface area contributed by atoms with E-state index in [1.165, 1.54) is 20.8 Å². The van der Waals surface area contributed by atoms with Gasteiger partial charge in [-0.05, 0) is 20.8 Å². The first-order valence-electron chi connectivity index (χ1n) is 4.88. The minimum absolute atomic E-state index is 0.139. The van der Waals surface area contributed by atoms with Crippen LogP contribution in [-0.4, -0.2) is 68.0 Å². The lowest BCUT2D eigenvalue weighted by Crippen LogP contribution is -2.13. The van der Waals surface area contributed by atoms with E-state index in [1.54, 1.807) is 0 Å². The molecule has 0 aromatic rings. The summed E-state index contributed by atoms with van der Waals surface area (Å²) < 4.78 is 0. The van der Waals surface area contributed by atoms with Gasteiger partial charge >= 0.3 is 0 Å². The molecule has 0 saturated carbocycles. The SMILES string of the molecule is CC(O)C(O)P.CC(O)CO.CC(O)CO. The zero-order chi connectivity index (χ0) is 13.7. The molecule has 5 atom stereocenters. The normalized spacial score (nSPS) is 16.9. The van der Waals surface area contributed by atoms with Crippen LogP contribution < -0.4 is 0 Å². The van der Waals surface area contributed by atoms with Crippen molar-refractivity contribution in [2.75, 3.05) is 13.2 Å². The molecule has 6 N–H and O–H groups in total. The van der Waals surface area contributed by atoms with Crippen molar-refractivity contribution in [1.82, 2.24) is 0 Å². The minimum Gasteiger partial charge on any atom is -0.394 e. The van der Waals surface area contributed by atoms with Gasteiger partial charge in [0.05, 0.1) is 37.4 Å². The molecule has 0 rings (SSSR count). The molecule has 0 aliphatic carbocycles. The Morgan fingerprint density at radius 2 is 0.938 bits per heavy atom. The third kappa shape index (κ3) is 36.8. The largest absolute Gasteiger partial charge is 0.394 e. The average Bonchev–Trinajstić information content (AvgIpc) is 2.19. The number of aliphatic hydroxyl groups is 6. The topological polar surface area (TPSA) is 121 Å². The predicted octanol–water partition coefficient (Wildman–Crippen LogP) is -1.72. The summed E-state index contributed by atoms with van der Waals surface area (Å²) >= 11 is 0. The highest BCUT2D eigenvalue weighted by atomic mass is 31.0. The van der Waals surface area contributed by atoms with Gasteiger partial charge < -0.3 is 30.6 Å². The first kappa shape index (κ1) is 21.5. The molecule has 0 saturated heterocycles. The van der Waals surface area contributed by atoms with Crippen LogP contribution in [0.3, 0.4) is 0 Å². The standard InChI is InChI=1S/C3H9O2P.2C3H8O2/c1-2(4)3(5)6;2*1-3(5)2-4/h2-5H,6H2,1H3;2*3-5H,2H2,1H3. The summed E-state index contributed by atoms with van der Waals surface area (Å²) in [5.74, 6) is -0.676. The van der Waals surface area contributed by atoms with Crippen molar-refractivity contribution in [3.05, 3.63) is 0 Å². The van der Waals surface area contributed by atoms with E-state index in [1.807, 2.05) is 0 Å². The van der Waals surface area contributed by atoms with Crippen LogP contribution in [0, 0.1) is 0 Å². The van der Waals surface area contributed by atoms with Gasteiger partial charge in [0, 0.05) is 0 Å². The van der Waals surface area contributed by atoms with Crippen molar-refractivity contribution in [3.63, 3.8) is 0 Å². The average molecular weight is 260 g/mol. The fraction of sp³-hybridized carbons (Fsp3) is 1.00. The number of hydrogen-bond donors (Lipinski definition) is 6. The Morgan fingerprint density at radius 3 is 0.938 bits per heavy atom. The molecule has 5 unspecified atom stereocenters. The van der Waals surface area contributed by atoms with E-state index in [0.717, 1.165) is 0 Å². The van der Waals surface area contributed by atoms with Crippen molar-refractivity contribution in [2.45, 2.75) is 44.9 Å². The lowest BCUT2D eigenvalue weighted by atomic mass is 10.4. The Balaban J connectivity index is -0.000000160. The molecule has 6 nitrogen and oxygen atoms in total. The quantitative estimate of drug-likeness (QED) is 0.336. The van der Waals surface area contributed by atoms with E-state index in [-0.39, 0.29) is 13.2 Å². The molecule has 0 amide bonds. The lowest BCUT2D eigenvalue weighted by molar-refractivity contribution is 0.0867. The van der Waals surface area contributed by atoms with Crippen LogP contribution in [0.15, 0.2) is 0 Å². The first-order chi connectivity index (χ1) is 7.18. The van der Waals surface area contributed by atoms with E-state index in [0.29, 0.717) is 0 Å². The highest BCUT2D eigenvalue weighted by Gasteiger charge is 1.99. The third-order valence-corrected chi connectivity index (χ3v) is 1.58. The van der Waals surface area contributed by atoms with Gasteiger partial charge in [-0.3, -0.25) is 0 Å². The Bertz CT molecular complexity index is 105. The van der Waals surface area contributed by atoms with Gasteiger partial charge in [-0.2, -0.15) is 0 Å². The minimum atomic E-state index is -0.676. The Kier molecular flexibility index (Phi) is 20.4. The molecule has 102 valence electrons. The molecule has 0 bridgehead atoms. The predicted molar refractivity (Wildman–Crippen MR) is 64.9 cm³/mol. The van der Waals surface area contributed by atoms with Gasteiger partial charge in [0.25, 0.3) is 0 Å². The van der Waals surface area contributed by atoms with Crippen molar-refractivity contribution in [1.29, 1.82) is 0 Å². The fourth-order valence-corrected chi connectivity index (χ4v) is 0. The molecule has 0 aliphatic rings. The van der Waals surface area contributed by atoms with Crippen molar-refractivity contribution < 1.29 is 30.6 Å². The zero-order valence-corrected chi connectivity index (χ0v) is 11.1. The maximum Gasteiger partial charge on any atom is 0.0928 e. The summed E-state index contributed by atoms with van der Waals surface area (Å²) in [6.45, 7) is 4.30. The van der Waals surface area contributed by atoms with Crippen LogP contribution in [-0.2, 0) is 0 Å². The fourth-order valence-electron chi connectivity index (χ4n) is 0. The van der Waals surface area contributed by atoms with Gasteiger partial charge in [0.1, 0.15) is 0 Å². The molecule has 0 radical (unpaired) electrons. The summed E-state index contributed by atoms with van der Waals surface area (Å²) in [6, 6.07) is 0. The van der Waals surface area contributed by atoms with Gasteiger partial charge in [0.15, 0.2) is 0 Å². The smallest absolute Gasteiger partial charge is 0.0928 e. The second-order valence-electron chi connectivity index (χ2n) is 3.29. The number of aliphatic hydroxyl groups excluding tert-OH is 6. The van der Waals surface area contributed by atoms with E-state index in [9.17, 15) is 0 Å². The van der Waals surface area contributed by atoms with Crippen molar-refractivity contribution >= 4 is 9.24 Å². The molecule has 7 heteroatoms. The van der Waals surface area contributed by atoms with Crippen LogP contribution in [0.4, 0.5) is 0 Å². The zero-order valence-electron chi connectivity index (χ0n) is 9.98. The van der Waals surface area contributed by atoms with Gasteiger partial charge in [-0.1, -0.05) is 0 Å². The van der Waals surface area contributed by atoms with Crippen LogP contribution >= 0.6 is 9.24 Å². The van der Waals surface area contributed by atoms with Gasteiger partial charge in [-0.25, -0.2) is 0 Å². The molecule has 0 aromatic heterocycles. The third-order valence-electron chi connectivity index (χ3n) is 1.02. The number of hydrogen-bond acceptors (Lipinski definition) is 6. The van der Waals surface area contributed by atoms with Crippen molar-refractivity contribution in [2.24, 2.45) is 0 Å².